The molecule has 29 heavy (non-hydrogen) atoms. The van der Waals surface area contributed by atoms with Crippen LogP contribution >= 0.6 is 0 Å². The standard InChI is InChI=1S/C24H31N3O2/c1-3-19-8-10-20(11-9-19)18(2)25-24(29)26-22-14-12-21(13-15-22)23(28)27-16-6-4-5-7-17-27/h8-15,18H,3-7,16-17H2,1-2H3,(H2,25,26,29). The molecule has 3 rings (SSSR count). The summed E-state index contributed by atoms with van der Waals surface area (Å²) in [5.74, 6) is 0.0760. The summed E-state index contributed by atoms with van der Waals surface area (Å²) in [7, 11) is 0. The van der Waals surface area contributed by atoms with Crippen LogP contribution in [-0.2, 0) is 6.42 Å². The van der Waals surface area contributed by atoms with Gasteiger partial charge in [0.15, 0.2) is 0 Å². The number of aryl methyl sites for hydroxylation is 1. The van der Waals surface area contributed by atoms with Gasteiger partial charge in [0.2, 0.25) is 0 Å². The maximum absolute atomic E-state index is 12.7. The van der Waals surface area contributed by atoms with Gasteiger partial charge in [-0.25, -0.2) is 4.79 Å². The van der Waals surface area contributed by atoms with Gasteiger partial charge in [0.25, 0.3) is 5.91 Å². The molecule has 2 N–H and O–H groups in total. The van der Waals surface area contributed by atoms with Gasteiger partial charge < -0.3 is 15.5 Å². The number of carbonyl (C=O) groups excluding carboxylic acids is 2. The summed E-state index contributed by atoms with van der Waals surface area (Å²) in [6.07, 6.45) is 5.54. The molecule has 0 spiro atoms. The number of urea groups is 1. The molecule has 0 bridgehead atoms. The van der Waals surface area contributed by atoms with Crippen LogP contribution in [0.25, 0.3) is 0 Å². The van der Waals surface area contributed by atoms with Crippen LogP contribution in [0.3, 0.4) is 0 Å². The molecule has 2 aromatic rings. The van der Waals surface area contributed by atoms with Crippen molar-refractivity contribution in [3.8, 4) is 0 Å². The molecule has 5 heteroatoms. The van der Waals surface area contributed by atoms with Crippen LogP contribution in [0.4, 0.5) is 10.5 Å². The number of likely N-dealkylation sites (tertiary alicyclic amines) is 1. The molecule has 0 radical (unpaired) electrons. The van der Waals surface area contributed by atoms with Gasteiger partial charge >= 0.3 is 6.03 Å². The minimum atomic E-state index is -0.260. The Morgan fingerprint density at radius 3 is 2.14 bits per heavy atom. The van der Waals surface area contributed by atoms with E-state index in [1.165, 1.54) is 18.4 Å². The Hall–Kier alpha value is -2.82. The molecule has 1 unspecified atom stereocenters. The molecule has 1 fully saturated rings. The van der Waals surface area contributed by atoms with Crippen LogP contribution < -0.4 is 10.6 Å². The van der Waals surface area contributed by atoms with Gasteiger partial charge in [-0.1, -0.05) is 44.0 Å². The third-order valence-electron chi connectivity index (χ3n) is 5.52. The minimum Gasteiger partial charge on any atom is -0.339 e. The lowest BCUT2D eigenvalue weighted by Crippen LogP contribution is -2.32. The predicted molar refractivity (Wildman–Crippen MR) is 117 cm³/mol. The number of amides is 3. The van der Waals surface area contributed by atoms with Crippen molar-refractivity contribution in [2.75, 3.05) is 18.4 Å². The van der Waals surface area contributed by atoms with Crippen molar-refractivity contribution in [3.63, 3.8) is 0 Å². The van der Waals surface area contributed by atoms with Gasteiger partial charge in [0.1, 0.15) is 0 Å². The number of rotatable bonds is 5. The van der Waals surface area contributed by atoms with Gasteiger partial charge in [-0.2, -0.15) is 0 Å². The topological polar surface area (TPSA) is 61.4 Å². The third kappa shape index (κ3) is 5.83. The fraction of sp³-hybridized carbons (Fsp3) is 0.417. The Morgan fingerprint density at radius 1 is 0.931 bits per heavy atom. The molecule has 0 aliphatic carbocycles. The Morgan fingerprint density at radius 2 is 1.55 bits per heavy atom. The highest BCUT2D eigenvalue weighted by Crippen LogP contribution is 2.17. The number of nitrogens with one attached hydrogen (secondary N) is 2. The predicted octanol–water partition coefficient (Wildman–Crippen LogP) is 5.15. The van der Waals surface area contributed by atoms with E-state index in [1.807, 2.05) is 24.0 Å². The van der Waals surface area contributed by atoms with Crippen LogP contribution in [0.5, 0.6) is 0 Å². The Labute approximate surface area is 173 Å². The lowest BCUT2D eigenvalue weighted by molar-refractivity contribution is 0.0761. The van der Waals surface area contributed by atoms with Gasteiger partial charge in [0.05, 0.1) is 6.04 Å². The van der Waals surface area contributed by atoms with Crippen molar-refractivity contribution in [3.05, 3.63) is 65.2 Å². The van der Waals surface area contributed by atoms with E-state index in [2.05, 4.69) is 29.7 Å². The smallest absolute Gasteiger partial charge is 0.319 e. The van der Waals surface area contributed by atoms with E-state index in [0.29, 0.717) is 11.3 Å². The van der Waals surface area contributed by atoms with E-state index in [0.717, 1.165) is 37.9 Å². The summed E-state index contributed by atoms with van der Waals surface area (Å²) in [5.41, 5.74) is 3.68. The number of anilines is 1. The van der Waals surface area contributed by atoms with E-state index < -0.39 is 0 Å². The van der Waals surface area contributed by atoms with Crippen molar-refractivity contribution in [1.82, 2.24) is 10.2 Å². The lowest BCUT2D eigenvalue weighted by Gasteiger charge is -2.20. The third-order valence-corrected chi connectivity index (χ3v) is 5.52. The van der Waals surface area contributed by atoms with Gasteiger partial charge in [-0.15, -0.1) is 0 Å². The highest BCUT2D eigenvalue weighted by atomic mass is 16.2. The molecule has 2 aromatic carbocycles. The van der Waals surface area contributed by atoms with Crippen molar-refractivity contribution in [2.24, 2.45) is 0 Å². The summed E-state index contributed by atoms with van der Waals surface area (Å²) in [6.45, 7) is 5.75. The lowest BCUT2D eigenvalue weighted by atomic mass is 10.1. The fourth-order valence-corrected chi connectivity index (χ4v) is 3.64. The second-order valence-electron chi connectivity index (χ2n) is 7.70. The molecular formula is C24H31N3O2. The first-order valence-corrected chi connectivity index (χ1v) is 10.6. The monoisotopic (exact) mass is 393 g/mol. The van der Waals surface area contributed by atoms with E-state index in [9.17, 15) is 9.59 Å². The Balaban J connectivity index is 1.54. The summed E-state index contributed by atoms with van der Waals surface area (Å²) in [4.78, 5) is 26.9. The molecular weight excluding hydrogens is 362 g/mol. The highest BCUT2D eigenvalue weighted by Gasteiger charge is 2.17. The number of hydrogen-bond acceptors (Lipinski definition) is 2. The molecule has 3 amide bonds. The van der Waals surface area contributed by atoms with Gasteiger partial charge in [-0.05, 0) is 61.6 Å². The summed E-state index contributed by atoms with van der Waals surface area (Å²) in [6, 6.07) is 15.1. The normalized spacial score (nSPS) is 15.3. The second-order valence-corrected chi connectivity index (χ2v) is 7.70. The van der Waals surface area contributed by atoms with Gasteiger partial charge in [0, 0.05) is 24.3 Å². The van der Waals surface area contributed by atoms with Crippen LogP contribution in [0.1, 0.15) is 67.1 Å². The van der Waals surface area contributed by atoms with Crippen molar-refractivity contribution >= 4 is 17.6 Å². The number of carbonyl (C=O) groups is 2. The molecule has 1 aliphatic rings. The molecule has 1 atom stereocenters. The van der Waals surface area contributed by atoms with Crippen LogP contribution in [0.15, 0.2) is 48.5 Å². The molecule has 1 saturated heterocycles. The molecule has 154 valence electrons. The van der Waals surface area contributed by atoms with Crippen molar-refractivity contribution < 1.29 is 9.59 Å². The quantitative estimate of drug-likeness (QED) is 0.738. The Kier molecular flexibility index (Phi) is 7.28. The first-order valence-electron chi connectivity index (χ1n) is 10.6. The zero-order valence-electron chi connectivity index (χ0n) is 17.4. The van der Waals surface area contributed by atoms with Gasteiger partial charge in [-0.3, -0.25) is 4.79 Å². The number of benzene rings is 2. The average Bonchev–Trinajstić information content (AvgIpc) is 3.03. The summed E-state index contributed by atoms with van der Waals surface area (Å²) >= 11 is 0. The SMILES string of the molecule is CCc1ccc(C(C)NC(=O)Nc2ccc(C(=O)N3CCCCCC3)cc2)cc1. The van der Waals surface area contributed by atoms with Crippen molar-refractivity contribution in [2.45, 2.75) is 52.0 Å². The van der Waals surface area contributed by atoms with E-state index in [4.69, 9.17) is 0 Å². The zero-order valence-corrected chi connectivity index (χ0v) is 17.4. The van der Waals surface area contributed by atoms with Crippen molar-refractivity contribution in [1.29, 1.82) is 0 Å². The summed E-state index contributed by atoms with van der Waals surface area (Å²) in [5, 5.41) is 5.80. The maximum Gasteiger partial charge on any atom is 0.319 e. The number of nitrogens with zero attached hydrogens (tertiary/aromatic N) is 1. The van der Waals surface area contributed by atoms with Crippen LogP contribution in [0.2, 0.25) is 0 Å². The fourth-order valence-electron chi connectivity index (χ4n) is 3.64. The highest BCUT2D eigenvalue weighted by molar-refractivity contribution is 5.95. The molecule has 1 heterocycles. The molecule has 0 saturated carbocycles. The molecule has 0 aromatic heterocycles. The van der Waals surface area contributed by atoms with Crippen LogP contribution in [-0.4, -0.2) is 29.9 Å². The first kappa shape index (κ1) is 20.9. The number of hydrogen-bond donors (Lipinski definition) is 2. The van der Waals surface area contributed by atoms with E-state index >= 15 is 0 Å². The average molecular weight is 394 g/mol. The maximum atomic E-state index is 12.7. The first-order chi connectivity index (χ1) is 14.1. The van der Waals surface area contributed by atoms with Crippen LogP contribution in [0, 0.1) is 0 Å². The summed E-state index contributed by atoms with van der Waals surface area (Å²) < 4.78 is 0. The molecule has 5 nitrogen and oxygen atoms in total. The molecule has 1 aliphatic heterocycles. The van der Waals surface area contributed by atoms with E-state index in [1.54, 1.807) is 24.3 Å². The minimum absolute atomic E-state index is 0.0760. The van der Waals surface area contributed by atoms with E-state index in [-0.39, 0.29) is 18.0 Å². The largest absolute Gasteiger partial charge is 0.339 e. The Bertz CT molecular complexity index is 807. The second kappa shape index (κ2) is 10.1. The zero-order chi connectivity index (χ0) is 20.6.